The van der Waals surface area contributed by atoms with Gasteiger partial charge >= 0.3 is 5.97 Å². The molecule has 2 rings (SSSR count). The molecule has 0 atom stereocenters. The van der Waals surface area contributed by atoms with E-state index in [0.29, 0.717) is 19.5 Å². The number of anilines is 1. The van der Waals surface area contributed by atoms with Crippen LogP contribution in [0, 0.1) is 0 Å². The van der Waals surface area contributed by atoms with Crippen molar-refractivity contribution in [1.29, 1.82) is 0 Å². The molecule has 1 heterocycles. The third kappa shape index (κ3) is 3.08. The van der Waals surface area contributed by atoms with Gasteiger partial charge in [-0.25, -0.2) is 13.2 Å². The van der Waals surface area contributed by atoms with Crippen LogP contribution < -0.4 is 5.73 Å². The van der Waals surface area contributed by atoms with Crippen LogP contribution in [0.2, 0.25) is 0 Å². The Balaban J connectivity index is 2.51. The lowest BCUT2D eigenvalue weighted by atomic mass is 10.2. The number of methoxy groups -OCH3 is 1. The normalized spacial score (nSPS) is 16.4. The van der Waals surface area contributed by atoms with Gasteiger partial charge in [0.05, 0.1) is 17.6 Å². The Bertz CT molecular complexity index is 695. The van der Waals surface area contributed by atoms with E-state index in [-0.39, 0.29) is 16.1 Å². The largest absolute Gasteiger partial charge is 0.465 e. The highest BCUT2D eigenvalue weighted by atomic mass is 32.2. The molecule has 7 heteroatoms. The first kappa shape index (κ1) is 15.5. The Hall–Kier alpha value is -1.86. The Morgan fingerprint density at radius 1 is 1.38 bits per heavy atom. The van der Waals surface area contributed by atoms with Gasteiger partial charge in [0.15, 0.2) is 0 Å². The molecule has 0 aromatic heterocycles. The summed E-state index contributed by atoms with van der Waals surface area (Å²) < 4.78 is 31.5. The first-order valence-corrected chi connectivity index (χ1v) is 7.94. The molecule has 0 fully saturated rings. The van der Waals surface area contributed by atoms with Crippen LogP contribution in [-0.2, 0) is 14.8 Å². The summed E-state index contributed by atoms with van der Waals surface area (Å²) in [5, 5.41) is 0. The SMILES string of the molecule is COC(=O)c1ccc(N)cc1S(=O)(=O)N1CCC=C(C)C1. The van der Waals surface area contributed by atoms with Gasteiger partial charge in [0.25, 0.3) is 0 Å². The molecule has 1 aliphatic rings. The third-order valence-electron chi connectivity index (χ3n) is 3.33. The number of sulfonamides is 1. The number of esters is 1. The molecule has 0 bridgehead atoms. The number of nitrogen functional groups attached to an aromatic ring is 1. The van der Waals surface area contributed by atoms with Gasteiger partial charge in [-0.15, -0.1) is 0 Å². The van der Waals surface area contributed by atoms with E-state index in [1.807, 2.05) is 13.0 Å². The molecule has 1 aromatic carbocycles. The van der Waals surface area contributed by atoms with Crippen molar-refractivity contribution in [2.75, 3.05) is 25.9 Å². The quantitative estimate of drug-likeness (QED) is 0.518. The molecule has 21 heavy (non-hydrogen) atoms. The lowest BCUT2D eigenvalue weighted by molar-refractivity contribution is 0.0596. The van der Waals surface area contributed by atoms with Crippen molar-refractivity contribution in [1.82, 2.24) is 4.31 Å². The molecule has 0 saturated heterocycles. The van der Waals surface area contributed by atoms with Crippen molar-refractivity contribution in [2.24, 2.45) is 0 Å². The second-order valence-corrected chi connectivity index (χ2v) is 6.83. The molecule has 0 spiro atoms. The number of hydrogen-bond donors (Lipinski definition) is 1. The van der Waals surface area contributed by atoms with Gasteiger partial charge in [-0.2, -0.15) is 4.31 Å². The predicted octanol–water partition coefficient (Wildman–Crippen LogP) is 1.40. The van der Waals surface area contributed by atoms with Crippen molar-refractivity contribution in [3.8, 4) is 0 Å². The van der Waals surface area contributed by atoms with Crippen molar-refractivity contribution < 1.29 is 17.9 Å². The summed E-state index contributed by atoms with van der Waals surface area (Å²) in [6.07, 6.45) is 2.66. The molecule has 0 radical (unpaired) electrons. The topological polar surface area (TPSA) is 89.7 Å². The van der Waals surface area contributed by atoms with E-state index in [2.05, 4.69) is 4.74 Å². The van der Waals surface area contributed by atoms with Gasteiger partial charge in [-0.1, -0.05) is 11.6 Å². The molecule has 114 valence electrons. The zero-order chi connectivity index (χ0) is 15.6. The fourth-order valence-corrected chi connectivity index (χ4v) is 3.96. The Morgan fingerprint density at radius 3 is 2.71 bits per heavy atom. The summed E-state index contributed by atoms with van der Waals surface area (Å²) in [7, 11) is -2.58. The number of carbonyl (C=O) groups is 1. The first-order chi connectivity index (χ1) is 9.86. The molecule has 6 nitrogen and oxygen atoms in total. The minimum atomic E-state index is -3.79. The van der Waals surface area contributed by atoms with Gasteiger partial charge in [-0.05, 0) is 31.5 Å². The number of ether oxygens (including phenoxy) is 1. The number of carbonyl (C=O) groups excluding carboxylic acids is 1. The maximum atomic E-state index is 12.8. The summed E-state index contributed by atoms with van der Waals surface area (Å²) >= 11 is 0. The summed E-state index contributed by atoms with van der Waals surface area (Å²) in [5.74, 6) is -0.696. The molecule has 0 unspecified atom stereocenters. The van der Waals surface area contributed by atoms with Crippen molar-refractivity contribution in [3.63, 3.8) is 0 Å². The number of rotatable bonds is 3. The summed E-state index contributed by atoms with van der Waals surface area (Å²) in [4.78, 5) is 11.7. The van der Waals surface area contributed by atoms with E-state index in [1.165, 1.54) is 29.6 Å². The second kappa shape index (κ2) is 5.87. The van der Waals surface area contributed by atoms with Crippen molar-refractivity contribution in [2.45, 2.75) is 18.2 Å². The van der Waals surface area contributed by atoms with Crippen LogP contribution in [0.3, 0.4) is 0 Å². The summed E-state index contributed by atoms with van der Waals surface area (Å²) in [5.41, 5.74) is 6.94. The van der Waals surface area contributed by atoms with E-state index in [0.717, 1.165) is 5.57 Å². The van der Waals surface area contributed by atoms with Crippen molar-refractivity contribution >= 4 is 21.7 Å². The maximum Gasteiger partial charge on any atom is 0.339 e. The molecule has 0 amide bonds. The fraction of sp³-hybridized carbons (Fsp3) is 0.357. The number of nitrogens with zero attached hydrogens (tertiary/aromatic N) is 1. The highest BCUT2D eigenvalue weighted by Gasteiger charge is 2.30. The van der Waals surface area contributed by atoms with E-state index in [1.54, 1.807) is 0 Å². The van der Waals surface area contributed by atoms with Gasteiger partial charge in [0.1, 0.15) is 0 Å². The third-order valence-corrected chi connectivity index (χ3v) is 5.21. The Kier molecular flexibility index (Phi) is 4.34. The average Bonchev–Trinajstić information content (AvgIpc) is 2.46. The molecule has 1 aliphatic heterocycles. The van der Waals surface area contributed by atoms with Crippen LogP contribution in [0.1, 0.15) is 23.7 Å². The van der Waals surface area contributed by atoms with Crippen LogP contribution in [-0.4, -0.2) is 38.9 Å². The van der Waals surface area contributed by atoms with Gasteiger partial charge < -0.3 is 10.5 Å². The average molecular weight is 310 g/mol. The summed E-state index contributed by atoms with van der Waals surface area (Å²) in [6.45, 7) is 2.58. The molecule has 0 aliphatic carbocycles. The molecule has 0 saturated carbocycles. The monoisotopic (exact) mass is 310 g/mol. The first-order valence-electron chi connectivity index (χ1n) is 6.50. The standard InChI is InChI=1S/C14H18N2O4S/c1-10-4-3-7-16(9-10)21(18,19)13-8-11(15)5-6-12(13)14(17)20-2/h4-6,8H,3,7,9,15H2,1-2H3. The zero-order valence-electron chi connectivity index (χ0n) is 12.0. The van der Waals surface area contributed by atoms with E-state index in [4.69, 9.17) is 5.73 Å². The van der Waals surface area contributed by atoms with Gasteiger partial charge in [0, 0.05) is 18.8 Å². The Labute approximate surface area is 124 Å². The molecular weight excluding hydrogens is 292 g/mol. The number of hydrogen-bond acceptors (Lipinski definition) is 5. The van der Waals surface area contributed by atoms with Gasteiger partial charge in [-0.3, -0.25) is 0 Å². The Morgan fingerprint density at radius 2 is 2.10 bits per heavy atom. The highest BCUT2D eigenvalue weighted by molar-refractivity contribution is 7.89. The van der Waals surface area contributed by atoms with Crippen molar-refractivity contribution in [3.05, 3.63) is 35.4 Å². The van der Waals surface area contributed by atoms with Crippen LogP contribution in [0.25, 0.3) is 0 Å². The highest BCUT2D eigenvalue weighted by Crippen LogP contribution is 2.26. The number of nitrogens with two attached hydrogens (primary N) is 1. The van der Waals surface area contributed by atoms with Crippen LogP contribution in [0.15, 0.2) is 34.7 Å². The minimum absolute atomic E-state index is 0.00101. The van der Waals surface area contributed by atoms with Crippen LogP contribution in [0.5, 0.6) is 0 Å². The summed E-state index contributed by atoms with van der Waals surface area (Å²) in [6, 6.07) is 4.16. The lowest BCUT2D eigenvalue weighted by Gasteiger charge is -2.26. The van der Waals surface area contributed by atoms with Gasteiger partial charge in [0.2, 0.25) is 10.0 Å². The maximum absolute atomic E-state index is 12.8. The van der Waals surface area contributed by atoms with Crippen LogP contribution >= 0.6 is 0 Å². The number of benzene rings is 1. The predicted molar refractivity (Wildman–Crippen MR) is 79.3 cm³/mol. The van der Waals surface area contributed by atoms with E-state index >= 15 is 0 Å². The van der Waals surface area contributed by atoms with E-state index in [9.17, 15) is 13.2 Å². The zero-order valence-corrected chi connectivity index (χ0v) is 12.8. The molecular formula is C14H18N2O4S. The molecule has 1 aromatic rings. The lowest BCUT2D eigenvalue weighted by Crippen LogP contribution is -2.36. The minimum Gasteiger partial charge on any atom is -0.465 e. The second-order valence-electron chi connectivity index (χ2n) is 4.92. The van der Waals surface area contributed by atoms with Crippen LogP contribution in [0.4, 0.5) is 5.69 Å². The molecule has 2 N–H and O–H groups in total. The smallest absolute Gasteiger partial charge is 0.339 e. The van der Waals surface area contributed by atoms with E-state index < -0.39 is 16.0 Å². The fourth-order valence-electron chi connectivity index (χ4n) is 2.25.